The molecule has 0 saturated carbocycles. The highest BCUT2D eigenvalue weighted by atomic mass is 79.9. The zero-order chi connectivity index (χ0) is 10.1. The third-order valence-corrected chi connectivity index (χ3v) is 4.21. The van der Waals surface area contributed by atoms with E-state index >= 15 is 0 Å². The molecule has 0 bridgehead atoms. The number of halogens is 2. The minimum Gasteiger partial charge on any atom is -0.271 e. The van der Waals surface area contributed by atoms with Crippen molar-refractivity contribution in [1.82, 2.24) is 5.06 Å². The standard InChI is InChI=1S/C8H7Br2NO2S/c9-6-4-5(7(10)14-6)8(12)11-2-1-3-13-11/h4H,1-3H2. The zero-order valence-corrected chi connectivity index (χ0v) is 11.1. The predicted molar refractivity (Wildman–Crippen MR) is 61.3 cm³/mol. The van der Waals surface area contributed by atoms with Gasteiger partial charge in [-0.05, 0) is 44.3 Å². The van der Waals surface area contributed by atoms with Crippen LogP contribution in [0.25, 0.3) is 0 Å². The lowest BCUT2D eigenvalue weighted by molar-refractivity contribution is -0.0768. The Labute approximate surface area is 102 Å². The van der Waals surface area contributed by atoms with E-state index in [1.165, 1.54) is 16.4 Å². The summed E-state index contributed by atoms with van der Waals surface area (Å²) in [6, 6.07) is 1.80. The summed E-state index contributed by atoms with van der Waals surface area (Å²) < 4.78 is 1.77. The zero-order valence-electron chi connectivity index (χ0n) is 7.13. The molecule has 1 fully saturated rings. The average Bonchev–Trinajstić information content (AvgIpc) is 2.73. The molecule has 6 heteroatoms. The maximum atomic E-state index is 11.8. The highest BCUT2D eigenvalue weighted by molar-refractivity contribution is 9.12. The summed E-state index contributed by atoms with van der Waals surface area (Å²) in [6.07, 6.45) is 0.911. The molecule has 0 aliphatic carbocycles. The second-order valence-electron chi connectivity index (χ2n) is 2.83. The summed E-state index contributed by atoms with van der Waals surface area (Å²) in [5, 5.41) is 1.42. The topological polar surface area (TPSA) is 29.5 Å². The molecule has 0 aromatic carbocycles. The summed E-state index contributed by atoms with van der Waals surface area (Å²) in [7, 11) is 0. The largest absolute Gasteiger partial charge is 0.279 e. The van der Waals surface area contributed by atoms with Gasteiger partial charge in [-0.3, -0.25) is 9.63 Å². The van der Waals surface area contributed by atoms with Crippen LogP contribution in [0, 0.1) is 0 Å². The van der Waals surface area contributed by atoms with Crippen LogP contribution in [0.3, 0.4) is 0 Å². The number of hydrogen-bond acceptors (Lipinski definition) is 3. The van der Waals surface area contributed by atoms with Crippen LogP contribution < -0.4 is 0 Å². The van der Waals surface area contributed by atoms with Gasteiger partial charge < -0.3 is 0 Å². The number of carbonyl (C=O) groups is 1. The van der Waals surface area contributed by atoms with Crippen LogP contribution in [-0.2, 0) is 4.84 Å². The normalized spacial score (nSPS) is 16.3. The van der Waals surface area contributed by atoms with Gasteiger partial charge in [-0.1, -0.05) is 0 Å². The van der Waals surface area contributed by atoms with E-state index in [1.807, 2.05) is 0 Å². The minimum atomic E-state index is -0.0728. The van der Waals surface area contributed by atoms with E-state index in [2.05, 4.69) is 31.9 Å². The molecule has 2 rings (SSSR count). The molecule has 0 atom stereocenters. The SMILES string of the molecule is O=C(c1cc(Br)sc1Br)N1CCCO1. The van der Waals surface area contributed by atoms with Crippen molar-refractivity contribution < 1.29 is 9.63 Å². The Hall–Kier alpha value is 0.0900. The van der Waals surface area contributed by atoms with Gasteiger partial charge in [-0.2, -0.15) is 0 Å². The fourth-order valence-electron chi connectivity index (χ4n) is 1.23. The molecule has 1 saturated heterocycles. The molecule has 1 aliphatic rings. The van der Waals surface area contributed by atoms with Crippen LogP contribution in [0.4, 0.5) is 0 Å². The number of nitrogens with zero attached hydrogens (tertiary/aromatic N) is 1. The number of hydroxylamine groups is 2. The molecule has 76 valence electrons. The maximum absolute atomic E-state index is 11.8. The molecule has 14 heavy (non-hydrogen) atoms. The van der Waals surface area contributed by atoms with Gasteiger partial charge in [0.05, 0.1) is 26.3 Å². The second kappa shape index (κ2) is 4.30. The molecule has 2 heterocycles. The highest BCUT2D eigenvalue weighted by Crippen LogP contribution is 2.32. The van der Waals surface area contributed by atoms with Crippen molar-refractivity contribution in [3.05, 3.63) is 19.2 Å². The predicted octanol–water partition coefficient (Wildman–Crippen LogP) is 3.05. The van der Waals surface area contributed by atoms with Crippen LogP contribution in [0.5, 0.6) is 0 Å². The number of carbonyl (C=O) groups excluding carboxylic acids is 1. The quantitative estimate of drug-likeness (QED) is 0.786. The van der Waals surface area contributed by atoms with E-state index < -0.39 is 0 Å². The van der Waals surface area contributed by atoms with Gasteiger partial charge in [-0.15, -0.1) is 11.3 Å². The monoisotopic (exact) mass is 339 g/mol. The number of amides is 1. The Morgan fingerprint density at radius 1 is 1.57 bits per heavy atom. The minimum absolute atomic E-state index is 0.0728. The van der Waals surface area contributed by atoms with Crippen molar-refractivity contribution in [3.8, 4) is 0 Å². The van der Waals surface area contributed by atoms with E-state index in [-0.39, 0.29) is 5.91 Å². The first-order valence-electron chi connectivity index (χ1n) is 4.08. The average molecular weight is 341 g/mol. The van der Waals surface area contributed by atoms with E-state index in [0.717, 1.165) is 14.0 Å². The molecular formula is C8H7Br2NO2S. The van der Waals surface area contributed by atoms with E-state index in [4.69, 9.17) is 4.84 Å². The van der Waals surface area contributed by atoms with Crippen molar-refractivity contribution in [2.75, 3.05) is 13.2 Å². The molecule has 3 nitrogen and oxygen atoms in total. The van der Waals surface area contributed by atoms with Gasteiger partial charge >= 0.3 is 0 Å². The van der Waals surface area contributed by atoms with Gasteiger partial charge in [0.15, 0.2) is 0 Å². The van der Waals surface area contributed by atoms with Gasteiger partial charge in [0.2, 0.25) is 0 Å². The Morgan fingerprint density at radius 2 is 2.36 bits per heavy atom. The number of hydrogen-bond donors (Lipinski definition) is 0. The molecule has 0 spiro atoms. The first kappa shape index (κ1) is 10.6. The lowest BCUT2D eigenvalue weighted by Gasteiger charge is -2.12. The van der Waals surface area contributed by atoms with Crippen LogP contribution in [0.15, 0.2) is 13.6 Å². The second-order valence-corrected chi connectivity index (χ2v) is 6.58. The van der Waals surface area contributed by atoms with Gasteiger partial charge in [0, 0.05) is 0 Å². The molecule has 1 aromatic heterocycles. The molecule has 0 unspecified atom stereocenters. The smallest absolute Gasteiger partial charge is 0.271 e. The van der Waals surface area contributed by atoms with E-state index in [9.17, 15) is 4.79 Å². The van der Waals surface area contributed by atoms with Crippen molar-refractivity contribution in [2.45, 2.75) is 6.42 Å². The first-order chi connectivity index (χ1) is 6.68. The molecule has 1 aromatic rings. The van der Waals surface area contributed by atoms with Gasteiger partial charge in [0.25, 0.3) is 5.91 Å². The van der Waals surface area contributed by atoms with Crippen LogP contribution in [0.2, 0.25) is 0 Å². The Balaban J connectivity index is 2.21. The molecule has 0 radical (unpaired) electrons. The van der Waals surface area contributed by atoms with Crippen LogP contribution in [-0.4, -0.2) is 24.1 Å². The Bertz CT molecular complexity index is 360. The fourth-order valence-corrected chi connectivity index (χ4v) is 4.01. The van der Waals surface area contributed by atoms with Gasteiger partial charge in [-0.25, -0.2) is 5.06 Å². The summed E-state index contributed by atoms with van der Waals surface area (Å²) in [5.41, 5.74) is 0.656. The summed E-state index contributed by atoms with van der Waals surface area (Å²) in [4.78, 5) is 17.0. The van der Waals surface area contributed by atoms with Crippen LogP contribution >= 0.6 is 43.2 Å². The van der Waals surface area contributed by atoms with E-state index in [0.29, 0.717) is 18.7 Å². The lowest BCUT2D eigenvalue weighted by Crippen LogP contribution is -2.26. The third-order valence-electron chi connectivity index (χ3n) is 1.87. The van der Waals surface area contributed by atoms with Crippen molar-refractivity contribution >= 4 is 49.1 Å². The molecular weight excluding hydrogens is 334 g/mol. The highest BCUT2D eigenvalue weighted by Gasteiger charge is 2.23. The van der Waals surface area contributed by atoms with Crippen LogP contribution in [0.1, 0.15) is 16.8 Å². The van der Waals surface area contributed by atoms with Crippen molar-refractivity contribution in [2.24, 2.45) is 0 Å². The fraction of sp³-hybridized carbons (Fsp3) is 0.375. The Morgan fingerprint density at radius 3 is 2.86 bits per heavy atom. The number of thiophene rings is 1. The summed E-state index contributed by atoms with van der Waals surface area (Å²) in [5.74, 6) is -0.0728. The first-order valence-corrected chi connectivity index (χ1v) is 6.48. The third kappa shape index (κ3) is 2.03. The summed E-state index contributed by atoms with van der Waals surface area (Å²) >= 11 is 8.17. The summed E-state index contributed by atoms with van der Waals surface area (Å²) in [6.45, 7) is 1.31. The van der Waals surface area contributed by atoms with Gasteiger partial charge in [0.1, 0.15) is 0 Å². The van der Waals surface area contributed by atoms with Crippen molar-refractivity contribution in [3.63, 3.8) is 0 Å². The van der Waals surface area contributed by atoms with Crippen molar-refractivity contribution in [1.29, 1.82) is 0 Å². The lowest BCUT2D eigenvalue weighted by atomic mass is 10.3. The molecule has 1 amide bonds. The molecule has 1 aliphatic heterocycles. The number of rotatable bonds is 1. The van der Waals surface area contributed by atoms with E-state index in [1.54, 1.807) is 6.07 Å². The Kier molecular flexibility index (Phi) is 3.26. The maximum Gasteiger partial charge on any atom is 0.279 e. The molecule has 0 N–H and O–H groups in total.